The second-order valence-corrected chi connectivity index (χ2v) is 8.70. The normalized spacial score (nSPS) is 18.1. The van der Waals surface area contributed by atoms with E-state index in [2.05, 4.69) is 10.1 Å². The van der Waals surface area contributed by atoms with E-state index in [1.807, 2.05) is 30.3 Å². The molecule has 1 aromatic heterocycles. The molecule has 2 saturated heterocycles. The van der Waals surface area contributed by atoms with Gasteiger partial charge in [0.1, 0.15) is 11.5 Å². The van der Waals surface area contributed by atoms with Gasteiger partial charge in [-0.25, -0.2) is 4.39 Å². The molecule has 2 aromatic carbocycles. The van der Waals surface area contributed by atoms with Crippen LogP contribution in [0.4, 0.5) is 10.3 Å². The van der Waals surface area contributed by atoms with Crippen molar-refractivity contribution in [2.75, 3.05) is 31.1 Å². The highest BCUT2D eigenvalue weighted by molar-refractivity contribution is 5.94. The second kappa shape index (κ2) is 9.75. The number of ether oxygens (including phenoxy) is 1. The molecular formula is C26H28FN3O3. The number of carbonyl (C=O) groups is 1. The van der Waals surface area contributed by atoms with Crippen LogP contribution in [0.2, 0.25) is 0 Å². The van der Waals surface area contributed by atoms with Crippen molar-refractivity contribution in [2.24, 2.45) is 0 Å². The Hall–Kier alpha value is -3.19. The highest BCUT2D eigenvalue weighted by atomic mass is 19.1. The fourth-order valence-electron chi connectivity index (χ4n) is 4.65. The Morgan fingerprint density at radius 1 is 1.06 bits per heavy atom. The third-order valence-corrected chi connectivity index (χ3v) is 6.38. The molecule has 1 atom stereocenters. The van der Waals surface area contributed by atoms with Crippen LogP contribution in [0.25, 0.3) is 11.3 Å². The van der Waals surface area contributed by atoms with Gasteiger partial charge >= 0.3 is 0 Å². The summed E-state index contributed by atoms with van der Waals surface area (Å²) in [6.45, 7) is 3.34. The summed E-state index contributed by atoms with van der Waals surface area (Å²) in [5.41, 5.74) is 3.06. The largest absolute Gasteiger partial charge is 0.376 e. The third-order valence-electron chi connectivity index (χ3n) is 6.38. The summed E-state index contributed by atoms with van der Waals surface area (Å²) in [5.74, 6) is 0.215. The van der Waals surface area contributed by atoms with E-state index in [9.17, 15) is 9.18 Å². The van der Waals surface area contributed by atoms with Crippen molar-refractivity contribution in [3.63, 3.8) is 0 Å². The van der Waals surface area contributed by atoms with E-state index >= 15 is 0 Å². The van der Waals surface area contributed by atoms with Gasteiger partial charge in [-0.05, 0) is 49.9 Å². The van der Waals surface area contributed by atoms with Gasteiger partial charge in [0.05, 0.1) is 18.2 Å². The maximum Gasteiger partial charge on any atom is 0.254 e. The van der Waals surface area contributed by atoms with Crippen LogP contribution >= 0.6 is 0 Å². The molecule has 0 spiro atoms. The first-order valence-corrected chi connectivity index (χ1v) is 11.6. The Morgan fingerprint density at radius 3 is 2.52 bits per heavy atom. The number of hydrogen-bond acceptors (Lipinski definition) is 5. The number of carbonyl (C=O) groups excluding carboxylic acids is 1. The summed E-state index contributed by atoms with van der Waals surface area (Å²) in [7, 11) is 0. The number of amides is 1. The zero-order valence-electron chi connectivity index (χ0n) is 18.6. The topological polar surface area (TPSA) is 58.8 Å². The van der Waals surface area contributed by atoms with Crippen molar-refractivity contribution in [1.82, 2.24) is 10.1 Å². The van der Waals surface area contributed by atoms with Gasteiger partial charge in [-0.2, -0.15) is 0 Å². The summed E-state index contributed by atoms with van der Waals surface area (Å²) in [6.07, 6.45) is 4.11. The van der Waals surface area contributed by atoms with E-state index in [-0.39, 0.29) is 17.8 Å². The van der Waals surface area contributed by atoms with Crippen LogP contribution in [0, 0.1) is 5.82 Å². The SMILES string of the molecule is O=C(c1ccc(F)cc1)N(Cc1c(-c2ccccc2)noc1N1CCCC1)CC1CCCO1. The van der Waals surface area contributed by atoms with Gasteiger partial charge < -0.3 is 19.1 Å². The lowest BCUT2D eigenvalue weighted by atomic mass is 10.1. The van der Waals surface area contributed by atoms with Crippen LogP contribution in [0.15, 0.2) is 59.1 Å². The Morgan fingerprint density at radius 2 is 1.82 bits per heavy atom. The van der Waals surface area contributed by atoms with Gasteiger partial charge in [0.2, 0.25) is 5.88 Å². The number of rotatable bonds is 7. The van der Waals surface area contributed by atoms with E-state index < -0.39 is 0 Å². The van der Waals surface area contributed by atoms with Crippen molar-refractivity contribution < 1.29 is 18.4 Å². The van der Waals surface area contributed by atoms with Crippen molar-refractivity contribution in [2.45, 2.75) is 38.3 Å². The number of hydrogen-bond donors (Lipinski definition) is 0. The molecule has 2 aliphatic rings. The molecule has 0 N–H and O–H groups in total. The summed E-state index contributed by atoms with van der Waals surface area (Å²) in [5, 5.41) is 4.42. The number of aromatic nitrogens is 1. The first kappa shape index (κ1) is 21.6. The average Bonchev–Trinajstić information content (AvgIpc) is 3.61. The van der Waals surface area contributed by atoms with Crippen molar-refractivity contribution in [3.8, 4) is 11.3 Å². The van der Waals surface area contributed by atoms with Crippen LogP contribution in [-0.2, 0) is 11.3 Å². The number of benzene rings is 2. The minimum atomic E-state index is -0.362. The molecule has 33 heavy (non-hydrogen) atoms. The second-order valence-electron chi connectivity index (χ2n) is 8.70. The summed E-state index contributed by atoms with van der Waals surface area (Å²) >= 11 is 0. The van der Waals surface area contributed by atoms with E-state index in [0.717, 1.165) is 61.5 Å². The molecule has 1 amide bonds. The molecule has 0 radical (unpaired) electrons. The molecule has 5 rings (SSSR count). The molecule has 3 heterocycles. The molecule has 6 nitrogen and oxygen atoms in total. The van der Waals surface area contributed by atoms with Crippen molar-refractivity contribution >= 4 is 11.8 Å². The Balaban J connectivity index is 1.51. The van der Waals surface area contributed by atoms with Gasteiger partial charge in [0, 0.05) is 37.4 Å². The van der Waals surface area contributed by atoms with Gasteiger partial charge in [-0.3, -0.25) is 4.79 Å². The maximum atomic E-state index is 13.5. The zero-order chi connectivity index (χ0) is 22.6. The monoisotopic (exact) mass is 449 g/mol. The number of nitrogens with zero attached hydrogens (tertiary/aromatic N) is 3. The number of anilines is 1. The Kier molecular flexibility index (Phi) is 6.39. The predicted octanol–water partition coefficient (Wildman–Crippen LogP) is 4.90. The Labute approximate surface area is 192 Å². The van der Waals surface area contributed by atoms with E-state index in [1.165, 1.54) is 24.3 Å². The fraction of sp³-hybridized carbons (Fsp3) is 0.385. The van der Waals surface area contributed by atoms with Crippen LogP contribution < -0.4 is 4.90 Å². The van der Waals surface area contributed by atoms with E-state index in [4.69, 9.17) is 9.26 Å². The number of halogens is 1. The highest BCUT2D eigenvalue weighted by Crippen LogP contribution is 2.34. The summed E-state index contributed by atoms with van der Waals surface area (Å²) in [6, 6.07) is 15.6. The van der Waals surface area contributed by atoms with Gasteiger partial charge in [0.25, 0.3) is 5.91 Å². The first-order chi connectivity index (χ1) is 16.2. The molecule has 0 bridgehead atoms. The molecule has 0 saturated carbocycles. The molecule has 0 aliphatic carbocycles. The summed E-state index contributed by atoms with van der Waals surface area (Å²) < 4.78 is 25.2. The molecule has 1 unspecified atom stereocenters. The molecule has 3 aromatic rings. The van der Waals surface area contributed by atoms with Gasteiger partial charge in [-0.15, -0.1) is 0 Å². The summed E-state index contributed by atoms with van der Waals surface area (Å²) in [4.78, 5) is 17.5. The quantitative estimate of drug-likeness (QED) is 0.513. The van der Waals surface area contributed by atoms with Crippen LogP contribution in [0.3, 0.4) is 0 Å². The average molecular weight is 450 g/mol. The van der Waals surface area contributed by atoms with E-state index in [0.29, 0.717) is 25.3 Å². The van der Waals surface area contributed by atoms with Crippen LogP contribution in [0.5, 0.6) is 0 Å². The zero-order valence-corrected chi connectivity index (χ0v) is 18.6. The fourth-order valence-corrected chi connectivity index (χ4v) is 4.65. The maximum absolute atomic E-state index is 13.5. The molecule has 7 heteroatoms. The molecule has 2 fully saturated rings. The first-order valence-electron chi connectivity index (χ1n) is 11.6. The van der Waals surface area contributed by atoms with E-state index in [1.54, 1.807) is 4.90 Å². The lowest BCUT2D eigenvalue weighted by Gasteiger charge is -2.27. The lowest BCUT2D eigenvalue weighted by Crippen LogP contribution is -2.37. The van der Waals surface area contributed by atoms with Crippen LogP contribution in [-0.4, -0.2) is 48.3 Å². The van der Waals surface area contributed by atoms with Crippen molar-refractivity contribution in [3.05, 3.63) is 71.5 Å². The third kappa shape index (κ3) is 4.78. The Bertz CT molecular complexity index is 1070. The molecule has 2 aliphatic heterocycles. The molecular weight excluding hydrogens is 421 g/mol. The molecule has 172 valence electrons. The van der Waals surface area contributed by atoms with Crippen molar-refractivity contribution in [1.29, 1.82) is 0 Å². The minimum absolute atomic E-state index is 0.00956. The van der Waals surface area contributed by atoms with Gasteiger partial charge in [0.15, 0.2) is 0 Å². The standard InChI is InChI=1S/C26H28FN3O3/c27-21-12-10-20(11-13-21)25(31)30(17-22-9-6-16-32-22)18-23-24(19-7-2-1-3-8-19)28-33-26(23)29-14-4-5-15-29/h1-3,7-8,10-13,22H,4-6,9,14-18H2. The smallest absolute Gasteiger partial charge is 0.254 e. The minimum Gasteiger partial charge on any atom is -0.376 e. The lowest BCUT2D eigenvalue weighted by molar-refractivity contribution is 0.0507. The van der Waals surface area contributed by atoms with Crippen LogP contribution in [0.1, 0.15) is 41.6 Å². The predicted molar refractivity (Wildman–Crippen MR) is 124 cm³/mol. The highest BCUT2D eigenvalue weighted by Gasteiger charge is 2.30. The van der Waals surface area contributed by atoms with Gasteiger partial charge in [-0.1, -0.05) is 35.5 Å².